The highest BCUT2D eigenvalue weighted by atomic mass is 127. The van der Waals surface area contributed by atoms with Crippen molar-refractivity contribution < 1.29 is 8.42 Å². The molecule has 24 heavy (non-hydrogen) atoms. The quantitative estimate of drug-likeness (QED) is 0.369. The molecule has 1 aromatic carbocycles. The monoisotopic (exact) mass is 483 g/mol. The molecule has 1 fully saturated rings. The van der Waals surface area contributed by atoms with E-state index in [9.17, 15) is 8.42 Å². The lowest BCUT2D eigenvalue weighted by atomic mass is 10.1. The summed E-state index contributed by atoms with van der Waals surface area (Å²) in [6.07, 6.45) is 4.64. The summed E-state index contributed by atoms with van der Waals surface area (Å²) >= 11 is 2.02. The van der Waals surface area contributed by atoms with Gasteiger partial charge in [0.2, 0.25) is 0 Å². The van der Waals surface area contributed by atoms with Crippen LogP contribution in [0.3, 0.4) is 0 Å². The third kappa shape index (κ3) is 7.18. The zero-order chi connectivity index (χ0) is 16.7. The molecule has 0 aliphatic carbocycles. The van der Waals surface area contributed by atoms with E-state index in [2.05, 4.69) is 15.6 Å². The topological polar surface area (TPSA) is 70.6 Å². The van der Waals surface area contributed by atoms with E-state index in [1.807, 2.05) is 23.9 Å². The summed E-state index contributed by atoms with van der Waals surface area (Å²) in [5.41, 5.74) is 1.10. The van der Waals surface area contributed by atoms with Crippen LogP contribution in [0.2, 0.25) is 0 Å². The van der Waals surface area contributed by atoms with Crippen LogP contribution in [0.15, 0.2) is 34.2 Å². The van der Waals surface area contributed by atoms with Crippen LogP contribution in [-0.4, -0.2) is 51.8 Å². The van der Waals surface area contributed by atoms with E-state index in [1.165, 1.54) is 24.9 Å². The van der Waals surface area contributed by atoms with Gasteiger partial charge in [-0.25, -0.2) is 8.42 Å². The van der Waals surface area contributed by atoms with Gasteiger partial charge in [-0.2, -0.15) is 11.8 Å². The number of guanidine groups is 1. The first-order chi connectivity index (χ1) is 11.0. The van der Waals surface area contributed by atoms with Crippen LogP contribution < -0.4 is 10.6 Å². The Morgan fingerprint density at radius 1 is 1.29 bits per heavy atom. The van der Waals surface area contributed by atoms with Gasteiger partial charge in [-0.1, -0.05) is 12.1 Å². The van der Waals surface area contributed by atoms with Crippen molar-refractivity contribution in [2.75, 3.05) is 32.1 Å². The molecule has 0 aromatic heterocycles. The van der Waals surface area contributed by atoms with E-state index in [1.54, 1.807) is 19.2 Å². The average molecular weight is 483 g/mol. The molecule has 1 saturated heterocycles. The highest BCUT2D eigenvalue weighted by molar-refractivity contribution is 14.0. The molecular weight excluding hydrogens is 457 g/mol. The van der Waals surface area contributed by atoms with Gasteiger partial charge in [0, 0.05) is 31.6 Å². The van der Waals surface area contributed by atoms with Crippen molar-refractivity contribution in [2.45, 2.75) is 29.4 Å². The fourth-order valence-electron chi connectivity index (χ4n) is 2.47. The molecule has 5 nitrogen and oxygen atoms in total. The molecular formula is C16H26IN3O2S2. The minimum Gasteiger partial charge on any atom is -0.356 e. The van der Waals surface area contributed by atoms with Crippen LogP contribution in [0.25, 0.3) is 0 Å². The van der Waals surface area contributed by atoms with E-state index in [0.717, 1.165) is 31.0 Å². The number of thioether (sulfide) groups is 1. The largest absolute Gasteiger partial charge is 0.356 e. The summed E-state index contributed by atoms with van der Waals surface area (Å²) in [6, 6.07) is 7.05. The number of rotatable bonds is 6. The molecule has 1 aromatic rings. The van der Waals surface area contributed by atoms with Crippen molar-refractivity contribution in [3.8, 4) is 0 Å². The number of aliphatic imine (C=N–C) groups is 1. The minimum atomic E-state index is -3.12. The number of nitrogens with one attached hydrogen (secondary N) is 2. The molecule has 1 atom stereocenters. The number of halogens is 1. The third-order valence-corrected chi connectivity index (χ3v) is 6.33. The number of benzene rings is 1. The molecule has 8 heteroatoms. The van der Waals surface area contributed by atoms with Crippen molar-refractivity contribution >= 4 is 51.5 Å². The fraction of sp³-hybridized carbons (Fsp3) is 0.562. The van der Waals surface area contributed by atoms with Crippen molar-refractivity contribution in [2.24, 2.45) is 4.99 Å². The Bertz CT molecular complexity index is 627. The summed E-state index contributed by atoms with van der Waals surface area (Å²) in [6.45, 7) is 1.71. The van der Waals surface area contributed by atoms with Crippen LogP contribution in [0, 0.1) is 0 Å². The molecule has 1 aliphatic rings. The molecule has 2 N–H and O–H groups in total. The van der Waals surface area contributed by atoms with Crippen LogP contribution in [0.5, 0.6) is 0 Å². The summed E-state index contributed by atoms with van der Waals surface area (Å²) in [5, 5.41) is 7.36. The lowest BCUT2D eigenvalue weighted by Crippen LogP contribution is -2.40. The fourth-order valence-corrected chi connectivity index (χ4v) is 4.30. The van der Waals surface area contributed by atoms with Gasteiger partial charge in [0.15, 0.2) is 15.8 Å². The number of hydrogen-bond donors (Lipinski definition) is 2. The predicted molar refractivity (Wildman–Crippen MR) is 114 cm³/mol. The van der Waals surface area contributed by atoms with Gasteiger partial charge in [-0.05, 0) is 42.7 Å². The first-order valence-electron chi connectivity index (χ1n) is 7.84. The normalized spacial score (nSPS) is 18.1. The zero-order valence-corrected chi connectivity index (χ0v) is 18.1. The van der Waals surface area contributed by atoms with Crippen LogP contribution in [-0.2, 0) is 16.3 Å². The molecule has 1 heterocycles. The highest BCUT2D eigenvalue weighted by Crippen LogP contribution is 2.25. The van der Waals surface area contributed by atoms with E-state index in [4.69, 9.17) is 0 Å². The number of nitrogens with zero attached hydrogens (tertiary/aromatic N) is 1. The predicted octanol–water partition coefficient (Wildman–Crippen LogP) is 2.31. The molecule has 1 unspecified atom stereocenters. The Morgan fingerprint density at radius 2 is 2.00 bits per heavy atom. The molecule has 1 aliphatic heterocycles. The standard InChI is InChI=1S/C16H25N3O2S2.HI/c1-17-16(19-12-14-4-3-11-22-14)18-10-9-13-5-7-15(8-6-13)23(2,20)21;/h5-8,14H,3-4,9-12H2,1-2H3,(H2,17,18,19);1H. The Morgan fingerprint density at radius 3 is 2.54 bits per heavy atom. The molecule has 0 saturated carbocycles. The van der Waals surface area contributed by atoms with Crippen LogP contribution in [0.1, 0.15) is 18.4 Å². The maximum atomic E-state index is 11.4. The van der Waals surface area contributed by atoms with E-state index in [0.29, 0.717) is 10.1 Å². The van der Waals surface area contributed by atoms with Crippen molar-refractivity contribution in [3.05, 3.63) is 29.8 Å². The first-order valence-corrected chi connectivity index (χ1v) is 10.8. The van der Waals surface area contributed by atoms with Crippen molar-refractivity contribution in [3.63, 3.8) is 0 Å². The summed E-state index contributed by atoms with van der Waals surface area (Å²) < 4.78 is 22.9. The second kappa shape index (κ2) is 10.5. The Balaban J connectivity index is 0.00000288. The minimum absolute atomic E-state index is 0. The van der Waals surface area contributed by atoms with Gasteiger partial charge in [0.1, 0.15) is 0 Å². The maximum absolute atomic E-state index is 11.4. The molecule has 0 spiro atoms. The molecule has 0 bridgehead atoms. The Labute approximate surface area is 166 Å². The maximum Gasteiger partial charge on any atom is 0.191 e. The van der Waals surface area contributed by atoms with Gasteiger partial charge in [0.05, 0.1) is 4.90 Å². The first kappa shape index (κ1) is 21.6. The second-order valence-electron chi connectivity index (χ2n) is 5.68. The molecule has 0 amide bonds. The Hall–Kier alpha value is -0.480. The number of hydrogen-bond acceptors (Lipinski definition) is 4. The van der Waals surface area contributed by atoms with Gasteiger partial charge >= 0.3 is 0 Å². The summed E-state index contributed by atoms with van der Waals surface area (Å²) in [4.78, 5) is 4.59. The lowest BCUT2D eigenvalue weighted by Gasteiger charge is -2.14. The van der Waals surface area contributed by atoms with Gasteiger partial charge < -0.3 is 10.6 Å². The Kier molecular flexibility index (Phi) is 9.43. The third-order valence-electron chi connectivity index (χ3n) is 3.80. The van der Waals surface area contributed by atoms with Gasteiger partial charge in [-0.3, -0.25) is 4.99 Å². The SMILES string of the molecule is CN=C(NCCc1ccc(S(C)(=O)=O)cc1)NCC1CCCS1.I. The summed E-state index contributed by atoms with van der Waals surface area (Å²) in [5.74, 6) is 2.09. The second-order valence-corrected chi connectivity index (χ2v) is 9.11. The van der Waals surface area contributed by atoms with Crippen LogP contribution in [0.4, 0.5) is 0 Å². The molecule has 0 radical (unpaired) electrons. The van der Waals surface area contributed by atoms with Crippen LogP contribution >= 0.6 is 35.7 Å². The lowest BCUT2D eigenvalue weighted by molar-refractivity contribution is 0.602. The summed E-state index contributed by atoms with van der Waals surface area (Å²) in [7, 11) is -1.34. The van der Waals surface area contributed by atoms with Gasteiger partial charge in [0.25, 0.3) is 0 Å². The average Bonchev–Trinajstić information content (AvgIpc) is 3.03. The van der Waals surface area contributed by atoms with Crippen molar-refractivity contribution in [1.82, 2.24) is 10.6 Å². The molecule has 2 rings (SSSR count). The molecule has 136 valence electrons. The van der Waals surface area contributed by atoms with E-state index >= 15 is 0 Å². The van der Waals surface area contributed by atoms with Gasteiger partial charge in [-0.15, -0.1) is 24.0 Å². The van der Waals surface area contributed by atoms with E-state index in [-0.39, 0.29) is 24.0 Å². The zero-order valence-electron chi connectivity index (χ0n) is 14.1. The van der Waals surface area contributed by atoms with Crippen molar-refractivity contribution in [1.29, 1.82) is 0 Å². The highest BCUT2D eigenvalue weighted by Gasteiger charge is 2.15. The smallest absolute Gasteiger partial charge is 0.191 e. The number of sulfone groups is 1. The van der Waals surface area contributed by atoms with E-state index < -0.39 is 9.84 Å².